The van der Waals surface area contributed by atoms with Crippen molar-refractivity contribution in [1.82, 2.24) is 9.80 Å². The third-order valence-electron chi connectivity index (χ3n) is 4.95. The van der Waals surface area contributed by atoms with Gasteiger partial charge in [0.25, 0.3) is 0 Å². The third kappa shape index (κ3) is 4.40. The van der Waals surface area contributed by atoms with Crippen LogP contribution >= 0.6 is 11.6 Å². The lowest BCUT2D eigenvalue weighted by atomic mass is 10.1. The molecule has 0 aliphatic carbocycles. The molecule has 1 atom stereocenters. The minimum Gasteiger partial charge on any atom is -0.366 e. The Balaban J connectivity index is 1.55. The molecular formula is C20H24ClN3O. The van der Waals surface area contributed by atoms with Gasteiger partial charge in [-0.1, -0.05) is 41.9 Å². The van der Waals surface area contributed by atoms with Crippen LogP contribution in [0.2, 0.25) is 5.02 Å². The summed E-state index contributed by atoms with van der Waals surface area (Å²) in [6.45, 7) is 7.20. The first-order chi connectivity index (χ1) is 12.0. The Morgan fingerprint density at radius 3 is 2.32 bits per heavy atom. The first kappa shape index (κ1) is 17.9. The van der Waals surface area contributed by atoms with Crippen LogP contribution in [0.1, 0.15) is 34.5 Å². The van der Waals surface area contributed by atoms with Gasteiger partial charge in [-0.05, 0) is 36.2 Å². The maximum Gasteiger partial charge on any atom is 0.248 e. The van der Waals surface area contributed by atoms with Crippen LogP contribution in [0.5, 0.6) is 0 Å². The smallest absolute Gasteiger partial charge is 0.248 e. The lowest BCUT2D eigenvalue weighted by Crippen LogP contribution is -2.46. The molecule has 1 fully saturated rings. The normalized spacial score (nSPS) is 17.4. The second-order valence-electron chi connectivity index (χ2n) is 6.57. The summed E-state index contributed by atoms with van der Waals surface area (Å²) in [5.41, 5.74) is 8.24. The Morgan fingerprint density at radius 1 is 1.08 bits per heavy atom. The lowest BCUT2D eigenvalue weighted by molar-refractivity contribution is 0.0978. The summed E-state index contributed by atoms with van der Waals surface area (Å²) in [7, 11) is 0. The van der Waals surface area contributed by atoms with E-state index in [2.05, 4.69) is 22.8 Å². The summed E-state index contributed by atoms with van der Waals surface area (Å²) in [6.07, 6.45) is 0. The van der Waals surface area contributed by atoms with Gasteiger partial charge in [0, 0.05) is 49.4 Å². The van der Waals surface area contributed by atoms with Gasteiger partial charge in [0.15, 0.2) is 0 Å². The van der Waals surface area contributed by atoms with Crippen molar-refractivity contribution in [2.24, 2.45) is 5.73 Å². The predicted molar refractivity (Wildman–Crippen MR) is 102 cm³/mol. The van der Waals surface area contributed by atoms with E-state index in [1.165, 1.54) is 11.1 Å². The molecule has 1 unspecified atom stereocenters. The van der Waals surface area contributed by atoms with Gasteiger partial charge in [0.2, 0.25) is 5.91 Å². The van der Waals surface area contributed by atoms with Gasteiger partial charge >= 0.3 is 0 Å². The van der Waals surface area contributed by atoms with Crippen LogP contribution in [-0.4, -0.2) is 41.9 Å². The van der Waals surface area contributed by atoms with Crippen LogP contribution in [-0.2, 0) is 6.54 Å². The summed E-state index contributed by atoms with van der Waals surface area (Å²) in [4.78, 5) is 16.1. The number of primary amides is 1. The van der Waals surface area contributed by atoms with Crippen molar-refractivity contribution in [2.45, 2.75) is 19.5 Å². The zero-order chi connectivity index (χ0) is 17.8. The summed E-state index contributed by atoms with van der Waals surface area (Å²) < 4.78 is 0. The number of nitrogens with two attached hydrogens (primary N) is 1. The molecule has 0 radical (unpaired) electrons. The number of carbonyl (C=O) groups is 1. The third-order valence-corrected chi connectivity index (χ3v) is 5.30. The Morgan fingerprint density at radius 2 is 1.72 bits per heavy atom. The highest BCUT2D eigenvalue weighted by Gasteiger charge is 2.23. The molecular weight excluding hydrogens is 334 g/mol. The zero-order valence-corrected chi connectivity index (χ0v) is 15.2. The Bertz CT molecular complexity index is 724. The second-order valence-corrected chi connectivity index (χ2v) is 6.98. The zero-order valence-electron chi connectivity index (χ0n) is 14.5. The Labute approximate surface area is 154 Å². The van der Waals surface area contributed by atoms with Crippen LogP contribution in [0, 0.1) is 0 Å². The summed E-state index contributed by atoms with van der Waals surface area (Å²) in [5, 5.41) is 0.840. The number of hydrogen-bond acceptors (Lipinski definition) is 3. The van der Waals surface area contributed by atoms with Gasteiger partial charge in [-0.2, -0.15) is 0 Å². The van der Waals surface area contributed by atoms with Crippen molar-refractivity contribution < 1.29 is 4.79 Å². The minimum absolute atomic E-state index is 0.325. The number of hydrogen-bond donors (Lipinski definition) is 1. The average molecular weight is 358 g/mol. The molecule has 1 heterocycles. The van der Waals surface area contributed by atoms with Gasteiger partial charge in [-0.25, -0.2) is 0 Å². The number of rotatable bonds is 5. The fourth-order valence-corrected chi connectivity index (χ4v) is 3.65. The van der Waals surface area contributed by atoms with Crippen LogP contribution in [0.4, 0.5) is 0 Å². The van der Waals surface area contributed by atoms with E-state index in [-0.39, 0.29) is 5.91 Å². The molecule has 1 amide bonds. The molecule has 1 aliphatic heterocycles. The predicted octanol–water partition coefficient (Wildman–Crippen LogP) is 3.32. The molecule has 0 aromatic heterocycles. The van der Waals surface area contributed by atoms with E-state index in [4.69, 9.17) is 17.3 Å². The van der Waals surface area contributed by atoms with Crippen molar-refractivity contribution in [1.29, 1.82) is 0 Å². The van der Waals surface area contributed by atoms with E-state index in [9.17, 15) is 4.79 Å². The van der Waals surface area contributed by atoms with Crippen LogP contribution in [0.15, 0.2) is 48.5 Å². The summed E-state index contributed by atoms with van der Waals surface area (Å²) >= 11 is 6.34. The van der Waals surface area contributed by atoms with Crippen LogP contribution in [0.25, 0.3) is 0 Å². The molecule has 132 valence electrons. The lowest BCUT2D eigenvalue weighted by Gasteiger charge is -2.38. The molecule has 25 heavy (non-hydrogen) atoms. The molecule has 2 aromatic rings. The number of benzene rings is 2. The van der Waals surface area contributed by atoms with Gasteiger partial charge in [0.05, 0.1) is 0 Å². The van der Waals surface area contributed by atoms with Gasteiger partial charge in [-0.3, -0.25) is 14.6 Å². The maximum atomic E-state index is 11.1. The first-order valence-corrected chi connectivity index (χ1v) is 9.02. The van der Waals surface area contributed by atoms with E-state index in [1.807, 2.05) is 30.3 Å². The molecule has 5 heteroatoms. The fraction of sp³-hybridized carbons (Fsp3) is 0.350. The van der Waals surface area contributed by atoms with Crippen molar-refractivity contribution in [3.05, 3.63) is 70.2 Å². The first-order valence-electron chi connectivity index (χ1n) is 8.64. The minimum atomic E-state index is -0.381. The van der Waals surface area contributed by atoms with Crippen molar-refractivity contribution in [2.75, 3.05) is 26.2 Å². The van der Waals surface area contributed by atoms with Crippen molar-refractivity contribution in [3.8, 4) is 0 Å². The molecule has 2 N–H and O–H groups in total. The molecule has 0 bridgehead atoms. The van der Waals surface area contributed by atoms with Crippen molar-refractivity contribution in [3.63, 3.8) is 0 Å². The highest BCUT2D eigenvalue weighted by Crippen LogP contribution is 2.27. The number of nitrogens with zero attached hydrogens (tertiary/aromatic N) is 2. The molecule has 1 aliphatic rings. The van der Waals surface area contributed by atoms with E-state index < -0.39 is 0 Å². The van der Waals surface area contributed by atoms with Crippen LogP contribution < -0.4 is 5.73 Å². The SMILES string of the molecule is CC(c1ccccc1Cl)N1CCN(Cc2ccc(C(N)=O)cc2)CC1. The van der Waals surface area contributed by atoms with E-state index >= 15 is 0 Å². The monoisotopic (exact) mass is 357 g/mol. The number of halogens is 1. The molecule has 0 spiro atoms. The summed E-state index contributed by atoms with van der Waals surface area (Å²) in [6, 6.07) is 16.0. The molecule has 0 saturated carbocycles. The molecule has 3 rings (SSSR count). The van der Waals surface area contributed by atoms with E-state index in [0.29, 0.717) is 11.6 Å². The second kappa shape index (κ2) is 8.00. The number of piperazine rings is 1. The van der Waals surface area contributed by atoms with Crippen LogP contribution in [0.3, 0.4) is 0 Å². The largest absolute Gasteiger partial charge is 0.366 e. The highest BCUT2D eigenvalue weighted by atomic mass is 35.5. The Kier molecular flexibility index (Phi) is 5.74. The van der Waals surface area contributed by atoms with E-state index in [0.717, 1.165) is 37.7 Å². The quantitative estimate of drug-likeness (QED) is 0.893. The summed E-state index contributed by atoms with van der Waals surface area (Å²) in [5.74, 6) is -0.381. The standard InChI is InChI=1S/C20H24ClN3O/c1-15(18-4-2-3-5-19(18)21)24-12-10-23(11-13-24)14-16-6-8-17(9-7-16)20(22)25/h2-9,15H,10-14H2,1H3,(H2,22,25). The molecule has 2 aromatic carbocycles. The topological polar surface area (TPSA) is 49.6 Å². The maximum absolute atomic E-state index is 11.1. The van der Waals surface area contributed by atoms with E-state index in [1.54, 1.807) is 12.1 Å². The van der Waals surface area contributed by atoms with Gasteiger partial charge in [0.1, 0.15) is 0 Å². The Hall–Kier alpha value is -1.88. The van der Waals surface area contributed by atoms with Gasteiger partial charge in [-0.15, -0.1) is 0 Å². The van der Waals surface area contributed by atoms with Crippen molar-refractivity contribution >= 4 is 17.5 Å². The fourth-order valence-electron chi connectivity index (χ4n) is 3.35. The molecule has 1 saturated heterocycles. The number of amides is 1. The molecule has 4 nitrogen and oxygen atoms in total. The highest BCUT2D eigenvalue weighted by molar-refractivity contribution is 6.31. The van der Waals surface area contributed by atoms with Gasteiger partial charge < -0.3 is 5.73 Å². The number of carbonyl (C=O) groups excluding carboxylic acids is 1. The average Bonchev–Trinajstić information content (AvgIpc) is 2.63.